The zero-order valence-corrected chi connectivity index (χ0v) is 20.3. The highest BCUT2D eigenvalue weighted by Gasteiger charge is 2.91. The summed E-state index contributed by atoms with van der Waals surface area (Å²) in [6.07, 6.45) is 17.0. The number of hydrogen-bond acceptors (Lipinski definition) is 4. The summed E-state index contributed by atoms with van der Waals surface area (Å²) in [5.74, 6) is 3.52. The summed E-state index contributed by atoms with van der Waals surface area (Å²) in [6.45, 7) is 7.95. The molecule has 0 aromatic heterocycles. The quantitative estimate of drug-likeness (QED) is 0.592. The van der Waals surface area contributed by atoms with E-state index in [1.54, 1.807) is 5.06 Å². The van der Waals surface area contributed by atoms with Crippen molar-refractivity contribution in [2.24, 2.45) is 45.8 Å². The summed E-state index contributed by atoms with van der Waals surface area (Å²) in [5, 5.41) is 22.6. The van der Waals surface area contributed by atoms with Crippen molar-refractivity contribution in [3.8, 4) is 0 Å². The first kappa shape index (κ1) is 20.9. The molecule has 12 atom stereocenters. The van der Waals surface area contributed by atoms with Crippen LogP contribution in [0, 0.1) is 45.8 Å². The van der Waals surface area contributed by atoms with E-state index < -0.39 is 0 Å². The van der Waals surface area contributed by atoms with Gasteiger partial charge in [0.1, 0.15) is 0 Å². The molecule has 32 heavy (non-hydrogen) atoms. The van der Waals surface area contributed by atoms with Gasteiger partial charge in [0.15, 0.2) is 0 Å². The first-order chi connectivity index (χ1) is 15.3. The summed E-state index contributed by atoms with van der Waals surface area (Å²) in [6, 6.07) is 0.245. The third-order valence-corrected chi connectivity index (χ3v) is 12.4. The number of aliphatic hydroxyl groups excluding tert-OH is 1. The van der Waals surface area contributed by atoms with Crippen molar-refractivity contribution in [3.05, 3.63) is 12.2 Å². The van der Waals surface area contributed by atoms with Gasteiger partial charge in [-0.3, -0.25) is 0 Å². The normalized spacial score (nSPS) is 62.4. The first-order valence-electron chi connectivity index (χ1n) is 13.8. The molecule has 7 aliphatic rings. The second-order valence-electron chi connectivity index (χ2n) is 13.6. The van der Waals surface area contributed by atoms with Crippen LogP contribution in [0.2, 0.25) is 0 Å². The number of nitrogens with zero attached hydrogens (tertiary/aromatic N) is 1. The maximum Gasteiger partial charge on any atom is 0.0793 e. The van der Waals surface area contributed by atoms with Crippen molar-refractivity contribution >= 4 is 0 Å². The van der Waals surface area contributed by atoms with Crippen LogP contribution in [0.3, 0.4) is 0 Å². The van der Waals surface area contributed by atoms with Crippen LogP contribution < -0.4 is 0 Å². The summed E-state index contributed by atoms with van der Waals surface area (Å²) in [4.78, 5) is 0. The molecule has 2 aliphatic heterocycles. The molecule has 4 heteroatoms. The third-order valence-electron chi connectivity index (χ3n) is 12.4. The number of hydroxylamine groups is 2. The molecule has 5 aliphatic carbocycles. The molecular weight excluding hydrogens is 398 g/mol. The monoisotopic (exact) mass is 441 g/mol. The van der Waals surface area contributed by atoms with Gasteiger partial charge in [-0.25, -0.2) is 0 Å². The second-order valence-corrected chi connectivity index (χ2v) is 13.6. The van der Waals surface area contributed by atoms with Crippen LogP contribution in [0.5, 0.6) is 0 Å². The molecule has 0 amide bonds. The van der Waals surface area contributed by atoms with Crippen molar-refractivity contribution in [2.45, 2.75) is 109 Å². The van der Waals surface area contributed by atoms with E-state index in [2.05, 4.69) is 32.9 Å². The summed E-state index contributed by atoms with van der Waals surface area (Å²) >= 11 is 0. The lowest BCUT2D eigenvalue weighted by molar-refractivity contribution is -0.212. The van der Waals surface area contributed by atoms with Crippen molar-refractivity contribution in [2.75, 3.05) is 6.54 Å². The maximum absolute atomic E-state index is 10.8. The Morgan fingerprint density at radius 2 is 1.97 bits per heavy atom. The highest BCUT2D eigenvalue weighted by Crippen LogP contribution is 2.93. The standard InChI is InChI=1S/C28H43NO3/c1-4-5-19-20-8-11-28-22(24-23(32-28)12-17(2)15-29(24)31)14-27(28)16-26(20,27)13-21(19)25(3)9-6-18(30)7-10-25/h6,9,17-24,30-31H,4-5,7-8,10-16H2,1-3H3/t17-,18+,19-,20-,21-,22+,23+,24-,25+,26?,27?,28+/m0/s1. The SMILES string of the molecule is CCC[C@H]1[C@@H]2CC[C@@]34O[C@@H]5C[C@H](C)CN(O)[C@H]5[C@H]3CC43CC23C[C@@H]1[C@]1(C)C=C[C@@H](O)CC1. The predicted octanol–water partition coefficient (Wildman–Crippen LogP) is 5.18. The van der Waals surface area contributed by atoms with Gasteiger partial charge in [0.2, 0.25) is 0 Å². The second kappa shape index (κ2) is 6.42. The van der Waals surface area contributed by atoms with Crippen molar-refractivity contribution < 1.29 is 15.1 Å². The molecule has 2 heterocycles. The highest BCUT2D eigenvalue weighted by molar-refractivity contribution is 5.40. The molecule has 2 saturated heterocycles. The number of hydrogen-bond donors (Lipinski definition) is 2. The molecule has 0 radical (unpaired) electrons. The van der Waals surface area contributed by atoms with Crippen LogP contribution in [-0.2, 0) is 4.74 Å². The average molecular weight is 442 g/mol. The van der Waals surface area contributed by atoms with E-state index in [0.29, 0.717) is 22.7 Å². The van der Waals surface area contributed by atoms with Gasteiger partial charge in [-0.1, -0.05) is 45.8 Å². The third kappa shape index (κ3) is 2.25. The Bertz CT molecular complexity index is 845. The lowest BCUT2D eigenvalue weighted by Crippen LogP contribution is -2.64. The number of allylic oxidation sites excluding steroid dienone is 1. The summed E-state index contributed by atoms with van der Waals surface area (Å²) in [7, 11) is 0. The Morgan fingerprint density at radius 3 is 2.72 bits per heavy atom. The Labute approximate surface area is 193 Å². The molecule has 178 valence electrons. The molecular formula is C28H43NO3. The van der Waals surface area contributed by atoms with Gasteiger partial charge in [-0.2, -0.15) is 5.06 Å². The van der Waals surface area contributed by atoms with Gasteiger partial charge in [-0.05, 0) is 85.9 Å². The smallest absolute Gasteiger partial charge is 0.0793 e. The van der Waals surface area contributed by atoms with E-state index >= 15 is 0 Å². The summed E-state index contributed by atoms with van der Waals surface area (Å²) in [5.41, 5.74) is 1.21. The minimum Gasteiger partial charge on any atom is -0.389 e. The van der Waals surface area contributed by atoms with Gasteiger partial charge in [-0.15, -0.1) is 0 Å². The molecule has 6 fully saturated rings. The fourth-order valence-corrected chi connectivity index (χ4v) is 11.2. The van der Waals surface area contributed by atoms with Crippen LogP contribution in [-0.4, -0.2) is 45.8 Å². The maximum atomic E-state index is 10.8. The van der Waals surface area contributed by atoms with Gasteiger partial charge in [0.05, 0.1) is 23.9 Å². The van der Waals surface area contributed by atoms with Gasteiger partial charge in [0, 0.05) is 17.9 Å². The van der Waals surface area contributed by atoms with E-state index in [9.17, 15) is 10.3 Å². The minimum absolute atomic E-state index is 0.0645. The molecule has 4 saturated carbocycles. The lowest BCUT2D eigenvalue weighted by Gasteiger charge is -2.60. The molecule has 2 unspecified atom stereocenters. The molecule has 7 rings (SSSR count). The molecule has 0 aromatic rings. The Hall–Kier alpha value is -0.420. The fourth-order valence-electron chi connectivity index (χ4n) is 11.2. The molecule has 0 aromatic carbocycles. The van der Waals surface area contributed by atoms with Crippen LogP contribution in [0.25, 0.3) is 0 Å². The number of fused-ring (bicyclic) bond motifs is 2. The van der Waals surface area contributed by atoms with E-state index in [4.69, 9.17) is 4.74 Å². The van der Waals surface area contributed by atoms with Crippen LogP contribution >= 0.6 is 0 Å². The minimum atomic E-state index is -0.239. The Balaban J connectivity index is 1.22. The van der Waals surface area contributed by atoms with E-state index in [1.165, 1.54) is 44.9 Å². The fraction of sp³-hybridized carbons (Fsp3) is 0.929. The van der Waals surface area contributed by atoms with Crippen LogP contribution in [0.4, 0.5) is 0 Å². The molecule has 2 N–H and O–H groups in total. The summed E-state index contributed by atoms with van der Waals surface area (Å²) < 4.78 is 7.11. The van der Waals surface area contributed by atoms with E-state index in [-0.39, 0.29) is 29.3 Å². The number of ether oxygens (including phenoxy) is 1. The number of rotatable bonds is 3. The Kier molecular flexibility index (Phi) is 4.19. The largest absolute Gasteiger partial charge is 0.389 e. The first-order valence-corrected chi connectivity index (χ1v) is 13.8. The van der Waals surface area contributed by atoms with Gasteiger partial charge < -0.3 is 15.1 Å². The van der Waals surface area contributed by atoms with E-state index in [1.807, 2.05) is 0 Å². The van der Waals surface area contributed by atoms with Crippen molar-refractivity contribution in [1.82, 2.24) is 5.06 Å². The highest BCUT2D eigenvalue weighted by atomic mass is 16.5. The zero-order chi connectivity index (χ0) is 22.1. The van der Waals surface area contributed by atoms with Gasteiger partial charge in [0.25, 0.3) is 0 Å². The van der Waals surface area contributed by atoms with Crippen LogP contribution in [0.1, 0.15) is 85.0 Å². The zero-order valence-electron chi connectivity index (χ0n) is 20.3. The average Bonchev–Trinajstić information content (AvgIpc) is 3.24. The van der Waals surface area contributed by atoms with E-state index in [0.717, 1.165) is 43.6 Å². The van der Waals surface area contributed by atoms with Crippen LogP contribution in [0.15, 0.2) is 12.2 Å². The van der Waals surface area contributed by atoms with Crippen molar-refractivity contribution in [1.29, 1.82) is 0 Å². The molecule has 4 nitrogen and oxygen atoms in total. The molecule has 0 bridgehead atoms. The predicted molar refractivity (Wildman–Crippen MR) is 123 cm³/mol. The Morgan fingerprint density at radius 1 is 1.12 bits per heavy atom. The number of aliphatic hydroxyl groups is 1. The molecule has 3 spiro atoms. The van der Waals surface area contributed by atoms with Crippen molar-refractivity contribution in [3.63, 3.8) is 0 Å². The number of piperidine rings is 1. The lowest BCUT2D eigenvalue weighted by atomic mass is 9.48. The topological polar surface area (TPSA) is 52.9 Å². The van der Waals surface area contributed by atoms with Gasteiger partial charge >= 0.3 is 0 Å².